The van der Waals surface area contributed by atoms with Crippen molar-refractivity contribution in [2.24, 2.45) is 5.92 Å². The van der Waals surface area contributed by atoms with Crippen molar-refractivity contribution in [1.29, 1.82) is 0 Å². The lowest BCUT2D eigenvalue weighted by molar-refractivity contribution is 0.202. The summed E-state index contributed by atoms with van der Waals surface area (Å²) in [6.07, 6.45) is 2.00. The molecule has 1 N–H and O–H groups in total. The molecule has 0 aliphatic carbocycles. The molecule has 2 heterocycles. The fourth-order valence-corrected chi connectivity index (χ4v) is 5.85. The van der Waals surface area contributed by atoms with Gasteiger partial charge in [-0.2, -0.15) is 4.31 Å². The number of rotatable bonds is 3. The average molecular weight is 303 g/mol. The molecule has 2 unspecified atom stereocenters. The second kappa shape index (κ2) is 5.52. The first-order chi connectivity index (χ1) is 8.87. The maximum Gasteiger partial charge on any atom is 0.244 e. The Morgan fingerprint density at radius 1 is 1.47 bits per heavy atom. The van der Waals surface area contributed by atoms with Crippen LogP contribution in [0.25, 0.3) is 0 Å². The lowest BCUT2D eigenvalue weighted by atomic mass is 9.94. The molecule has 2 rings (SSSR count). The molecule has 0 radical (unpaired) electrons. The molecular weight excluding hydrogens is 282 g/mol. The third-order valence-electron chi connectivity index (χ3n) is 3.98. The summed E-state index contributed by atoms with van der Waals surface area (Å²) in [6.45, 7) is 6.38. The summed E-state index contributed by atoms with van der Waals surface area (Å²) in [5.74, 6) is 0.389. The van der Waals surface area contributed by atoms with E-state index in [1.54, 1.807) is 17.3 Å². The van der Waals surface area contributed by atoms with Crippen molar-refractivity contribution in [3.8, 4) is 0 Å². The van der Waals surface area contributed by atoms with Gasteiger partial charge >= 0.3 is 0 Å². The molecule has 19 heavy (non-hydrogen) atoms. The summed E-state index contributed by atoms with van der Waals surface area (Å²) in [7, 11) is -3.43. The highest BCUT2D eigenvalue weighted by molar-refractivity contribution is 7.89. The summed E-state index contributed by atoms with van der Waals surface area (Å²) in [5.41, 5.74) is 0. The molecule has 1 aromatic rings. The Labute approximate surface area is 119 Å². The van der Waals surface area contributed by atoms with Gasteiger partial charge in [-0.1, -0.05) is 6.92 Å². The van der Waals surface area contributed by atoms with Crippen LogP contribution in [-0.2, 0) is 16.6 Å². The quantitative estimate of drug-likeness (QED) is 0.932. The van der Waals surface area contributed by atoms with Gasteiger partial charge in [-0.25, -0.2) is 8.42 Å². The maximum absolute atomic E-state index is 12.7. The van der Waals surface area contributed by atoms with Crippen LogP contribution in [0.4, 0.5) is 0 Å². The number of hydrogen-bond acceptors (Lipinski definition) is 4. The predicted octanol–water partition coefficient (Wildman–Crippen LogP) is 2.36. The van der Waals surface area contributed by atoms with E-state index in [2.05, 4.69) is 6.92 Å². The first-order valence-corrected chi connectivity index (χ1v) is 8.85. The van der Waals surface area contributed by atoms with Gasteiger partial charge in [0.05, 0.1) is 11.5 Å². The van der Waals surface area contributed by atoms with Crippen LogP contribution in [-0.4, -0.2) is 30.4 Å². The molecule has 108 valence electrons. The number of hydrogen-bond donors (Lipinski definition) is 1. The lowest BCUT2D eigenvalue weighted by Crippen LogP contribution is -2.45. The highest BCUT2D eigenvalue weighted by Gasteiger charge is 2.35. The van der Waals surface area contributed by atoms with Gasteiger partial charge in [0, 0.05) is 22.3 Å². The van der Waals surface area contributed by atoms with Crippen LogP contribution in [0.2, 0.25) is 0 Å². The third kappa shape index (κ3) is 2.72. The van der Waals surface area contributed by atoms with Gasteiger partial charge in [0.15, 0.2) is 0 Å². The van der Waals surface area contributed by atoms with E-state index in [4.69, 9.17) is 5.11 Å². The van der Waals surface area contributed by atoms with Gasteiger partial charge in [-0.05, 0) is 38.7 Å². The number of aryl methyl sites for hydroxylation is 1. The molecule has 4 nitrogen and oxygen atoms in total. The van der Waals surface area contributed by atoms with Gasteiger partial charge in [-0.3, -0.25) is 0 Å². The van der Waals surface area contributed by atoms with E-state index in [9.17, 15) is 8.42 Å². The third-order valence-corrected chi connectivity index (χ3v) is 7.26. The van der Waals surface area contributed by atoms with E-state index in [1.807, 2.05) is 6.92 Å². The summed E-state index contributed by atoms with van der Waals surface area (Å²) in [4.78, 5) is 1.82. The van der Waals surface area contributed by atoms with Crippen molar-refractivity contribution in [3.05, 3.63) is 15.8 Å². The summed E-state index contributed by atoms with van der Waals surface area (Å²) in [6, 6.07) is 1.65. The Bertz CT molecular complexity index is 550. The second-order valence-corrected chi connectivity index (χ2v) is 8.47. The molecule has 0 aromatic carbocycles. The summed E-state index contributed by atoms with van der Waals surface area (Å²) >= 11 is 1.35. The Morgan fingerprint density at radius 3 is 2.74 bits per heavy atom. The lowest BCUT2D eigenvalue weighted by Gasteiger charge is -2.36. The summed E-state index contributed by atoms with van der Waals surface area (Å²) in [5, 5.41) is 9.15. The van der Waals surface area contributed by atoms with Crippen LogP contribution in [0.1, 0.15) is 36.4 Å². The number of aliphatic hydroxyl groups is 1. The van der Waals surface area contributed by atoms with Crippen molar-refractivity contribution < 1.29 is 13.5 Å². The number of aliphatic hydroxyl groups excluding tert-OH is 1. The van der Waals surface area contributed by atoms with Crippen molar-refractivity contribution in [1.82, 2.24) is 4.31 Å². The monoisotopic (exact) mass is 303 g/mol. The van der Waals surface area contributed by atoms with Crippen LogP contribution < -0.4 is 0 Å². The van der Waals surface area contributed by atoms with Gasteiger partial charge in [-0.15, -0.1) is 11.3 Å². The van der Waals surface area contributed by atoms with Gasteiger partial charge in [0.25, 0.3) is 0 Å². The van der Waals surface area contributed by atoms with E-state index in [1.165, 1.54) is 11.3 Å². The van der Waals surface area contributed by atoms with Crippen molar-refractivity contribution in [2.75, 3.05) is 6.54 Å². The second-order valence-electron chi connectivity index (χ2n) is 5.27. The Balaban J connectivity index is 2.38. The van der Waals surface area contributed by atoms with E-state index < -0.39 is 10.0 Å². The minimum Gasteiger partial charge on any atom is -0.391 e. The smallest absolute Gasteiger partial charge is 0.244 e. The molecule has 2 atom stereocenters. The average Bonchev–Trinajstić information content (AvgIpc) is 2.74. The molecule has 0 spiro atoms. The maximum atomic E-state index is 12.7. The first-order valence-electron chi connectivity index (χ1n) is 6.60. The Hall–Kier alpha value is -0.430. The standard InChI is InChI=1S/C13H21NO3S2/c1-9-5-4-6-14(10(9)2)19(16,17)13-7-12(8-15)18-11(13)3/h7,9-10,15H,4-6,8H2,1-3H3. The van der Waals surface area contributed by atoms with Crippen LogP contribution >= 0.6 is 11.3 Å². The molecule has 1 aliphatic heterocycles. The molecule has 1 aromatic heterocycles. The number of nitrogens with zero attached hydrogens (tertiary/aromatic N) is 1. The van der Waals surface area contributed by atoms with E-state index in [0.717, 1.165) is 17.7 Å². The zero-order valence-electron chi connectivity index (χ0n) is 11.6. The Kier molecular flexibility index (Phi) is 4.35. The van der Waals surface area contributed by atoms with E-state index in [0.29, 0.717) is 22.2 Å². The molecule has 0 amide bonds. The van der Waals surface area contributed by atoms with Crippen LogP contribution in [0.5, 0.6) is 0 Å². The molecular formula is C13H21NO3S2. The number of sulfonamides is 1. The zero-order chi connectivity index (χ0) is 14.2. The van der Waals surface area contributed by atoms with E-state index in [-0.39, 0.29) is 12.6 Å². The van der Waals surface area contributed by atoms with Crippen molar-refractivity contribution in [2.45, 2.75) is 51.2 Å². The molecule has 6 heteroatoms. The molecule has 1 aliphatic rings. The highest BCUT2D eigenvalue weighted by atomic mass is 32.2. The van der Waals surface area contributed by atoms with Crippen LogP contribution in [0, 0.1) is 12.8 Å². The topological polar surface area (TPSA) is 57.6 Å². The normalized spacial score (nSPS) is 25.7. The first kappa shape index (κ1) is 15.0. The largest absolute Gasteiger partial charge is 0.391 e. The number of thiophene rings is 1. The van der Waals surface area contributed by atoms with Crippen molar-refractivity contribution >= 4 is 21.4 Å². The SMILES string of the molecule is Cc1sc(CO)cc1S(=O)(=O)N1CCCC(C)C1C. The minimum atomic E-state index is -3.43. The van der Waals surface area contributed by atoms with Crippen LogP contribution in [0.3, 0.4) is 0 Å². The van der Waals surface area contributed by atoms with Crippen molar-refractivity contribution in [3.63, 3.8) is 0 Å². The molecule has 1 saturated heterocycles. The minimum absolute atomic E-state index is 0.0376. The zero-order valence-corrected chi connectivity index (χ0v) is 13.2. The highest BCUT2D eigenvalue weighted by Crippen LogP contribution is 2.33. The fourth-order valence-electron chi connectivity index (χ4n) is 2.62. The van der Waals surface area contributed by atoms with Crippen LogP contribution in [0.15, 0.2) is 11.0 Å². The fraction of sp³-hybridized carbons (Fsp3) is 0.692. The van der Waals surface area contributed by atoms with Gasteiger partial charge in [0.1, 0.15) is 0 Å². The predicted molar refractivity (Wildman–Crippen MR) is 76.7 cm³/mol. The van der Waals surface area contributed by atoms with Gasteiger partial charge in [0.2, 0.25) is 10.0 Å². The molecule has 1 fully saturated rings. The summed E-state index contributed by atoms with van der Waals surface area (Å²) < 4.78 is 27.1. The van der Waals surface area contributed by atoms with E-state index >= 15 is 0 Å². The molecule has 0 saturated carbocycles. The molecule has 0 bridgehead atoms. The Morgan fingerprint density at radius 2 is 2.16 bits per heavy atom. The number of piperidine rings is 1. The van der Waals surface area contributed by atoms with Gasteiger partial charge < -0.3 is 5.11 Å².